The lowest BCUT2D eigenvalue weighted by Crippen LogP contribution is -1.85. The maximum absolute atomic E-state index is 10.1. The predicted molar refractivity (Wildman–Crippen MR) is 79.1 cm³/mol. The van der Waals surface area contributed by atoms with E-state index in [1.807, 2.05) is 6.07 Å². The first-order valence-corrected chi connectivity index (χ1v) is 6.29. The van der Waals surface area contributed by atoms with Crippen molar-refractivity contribution in [1.82, 2.24) is 0 Å². The fourth-order valence-corrected chi connectivity index (χ4v) is 3.10. The van der Waals surface area contributed by atoms with Gasteiger partial charge >= 0.3 is 0 Å². The highest BCUT2D eigenvalue weighted by atomic mass is 32.1. The molecule has 0 saturated carbocycles. The highest BCUT2D eigenvalue weighted by molar-refractivity contribution is 7.80. The summed E-state index contributed by atoms with van der Waals surface area (Å²) in [4.78, 5) is 0.818. The fraction of sp³-hybridized carbons (Fsp3) is 0. The average Bonchev–Trinajstić information content (AvgIpc) is 2.38. The van der Waals surface area contributed by atoms with E-state index in [2.05, 4.69) is 49.0 Å². The molecule has 4 aromatic carbocycles. The first-order chi connectivity index (χ1) is 8.75. The number of thiol groups is 1. The van der Waals surface area contributed by atoms with Crippen molar-refractivity contribution in [2.75, 3.05) is 0 Å². The van der Waals surface area contributed by atoms with Crippen molar-refractivity contribution in [2.45, 2.75) is 4.90 Å². The van der Waals surface area contributed by atoms with Gasteiger partial charge in [-0.15, -0.1) is 12.6 Å². The van der Waals surface area contributed by atoms with Crippen LogP contribution in [0.5, 0.6) is 5.75 Å². The number of benzene rings is 4. The van der Waals surface area contributed by atoms with Crippen LogP contribution in [0.1, 0.15) is 0 Å². The molecule has 0 radical (unpaired) electrons. The number of phenolic OH excluding ortho intramolecular Hbond substituents is 1. The minimum atomic E-state index is 0.297. The van der Waals surface area contributed by atoms with Crippen LogP contribution in [0.25, 0.3) is 32.3 Å². The molecule has 0 amide bonds. The Labute approximate surface area is 109 Å². The molecule has 0 spiro atoms. The summed E-state index contributed by atoms with van der Waals surface area (Å²) in [7, 11) is 0. The molecule has 0 aliphatic rings. The highest BCUT2D eigenvalue weighted by Crippen LogP contribution is 2.40. The largest absolute Gasteiger partial charge is 0.507 e. The summed E-state index contributed by atoms with van der Waals surface area (Å²) in [6, 6.07) is 16.2. The van der Waals surface area contributed by atoms with Crippen molar-refractivity contribution in [3.8, 4) is 5.75 Å². The Bertz CT molecular complexity index is 829. The van der Waals surface area contributed by atoms with Gasteiger partial charge in [0.05, 0.1) is 0 Å². The summed E-state index contributed by atoms with van der Waals surface area (Å²) in [5.74, 6) is 0.297. The lowest BCUT2D eigenvalue weighted by atomic mass is 9.94. The molecule has 0 atom stereocenters. The van der Waals surface area contributed by atoms with Crippen LogP contribution in [0.15, 0.2) is 53.4 Å². The number of rotatable bonds is 0. The molecule has 0 saturated heterocycles. The molecule has 1 N–H and O–H groups in total. The zero-order chi connectivity index (χ0) is 12.3. The van der Waals surface area contributed by atoms with Crippen LogP contribution in [0.2, 0.25) is 0 Å². The third kappa shape index (κ3) is 1.13. The molecule has 0 unspecified atom stereocenters. The monoisotopic (exact) mass is 250 g/mol. The van der Waals surface area contributed by atoms with Crippen LogP contribution in [0, 0.1) is 0 Å². The number of hydrogen-bond acceptors (Lipinski definition) is 2. The van der Waals surface area contributed by atoms with E-state index in [1.54, 1.807) is 6.07 Å². The predicted octanol–water partition coefficient (Wildman–Crippen LogP) is 4.58. The van der Waals surface area contributed by atoms with Crippen molar-refractivity contribution in [3.05, 3.63) is 48.5 Å². The van der Waals surface area contributed by atoms with Crippen molar-refractivity contribution < 1.29 is 5.11 Å². The molecule has 0 heterocycles. The van der Waals surface area contributed by atoms with E-state index < -0.39 is 0 Å². The van der Waals surface area contributed by atoms with E-state index in [9.17, 15) is 5.11 Å². The van der Waals surface area contributed by atoms with Crippen LogP contribution < -0.4 is 0 Å². The van der Waals surface area contributed by atoms with Crippen molar-refractivity contribution in [3.63, 3.8) is 0 Å². The third-order valence-electron chi connectivity index (χ3n) is 3.60. The summed E-state index contributed by atoms with van der Waals surface area (Å²) >= 11 is 4.47. The van der Waals surface area contributed by atoms with Gasteiger partial charge in [0, 0.05) is 15.7 Å². The minimum Gasteiger partial charge on any atom is -0.507 e. The third-order valence-corrected chi connectivity index (χ3v) is 3.97. The van der Waals surface area contributed by atoms with Crippen molar-refractivity contribution in [1.29, 1.82) is 0 Å². The maximum Gasteiger partial charge on any atom is 0.124 e. The molecule has 4 rings (SSSR count). The van der Waals surface area contributed by atoms with Gasteiger partial charge in [-0.05, 0) is 27.6 Å². The Kier molecular flexibility index (Phi) is 1.84. The average molecular weight is 250 g/mol. The summed E-state index contributed by atoms with van der Waals surface area (Å²) in [6.45, 7) is 0. The topological polar surface area (TPSA) is 20.2 Å². The van der Waals surface area contributed by atoms with Crippen molar-refractivity contribution >= 4 is 44.9 Å². The van der Waals surface area contributed by atoms with Gasteiger partial charge in [-0.2, -0.15) is 0 Å². The van der Waals surface area contributed by atoms with E-state index in [4.69, 9.17) is 0 Å². The first-order valence-electron chi connectivity index (χ1n) is 5.84. The normalized spacial score (nSPS) is 11.8. The second-order valence-corrected chi connectivity index (χ2v) is 5.08. The zero-order valence-corrected chi connectivity index (χ0v) is 10.4. The van der Waals surface area contributed by atoms with Gasteiger partial charge in [-0.25, -0.2) is 0 Å². The lowest BCUT2D eigenvalue weighted by molar-refractivity contribution is 0.480. The molecule has 0 fully saturated rings. The van der Waals surface area contributed by atoms with Crippen LogP contribution in [-0.4, -0.2) is 5.11 Å². The van der Waals surface area contributed by atoms with Gasteiger partial charge in [0.15, 0.2) is 0 Å². The van der Waals surface area contributed by atoms with E-state index in [1.165, 1.54) is 16.2 Å². The van der Waals surface area contributed by atoms with Gasteiger partial charge < -0.3 is 5.11 Å². The standard InChI is InChI=1S/C16H10OS/c17-13-8-14(18)12-7-5-10-3-1-2-9-4-6-11(13)16(12)15(9)10/h1-8,17-18H. The molecule has 86 valence electrons. The Morgan fingerprint density at radius 2 is 1.44 bits per heavy atom. The molecular weight excluding hydrogens is 240 g/mol. The quantitative estimate of drug-likeness (QED) is 0.346. The molecular formula is C16H10OS. The van der Waals surface area contributed by atoms with Crippen LogP contribution >= 0.6 is 12.6 Å². The van der Waals surface area contributed by atoms with E-state index >= 15 is 0 Å². The fourth-order valence-electron chi connectivity index (χ4n) is 2.79. The Morgan fingerprint density at radius 3 is 2.17 bits per heavy atom. The molecule has 0 aromatic heterocycles. The lowest BCUT2D eigenvalue weighted by Gasteiger charge is -2.12. The van der Waals surface area contributed by atoms with E-state index in [0.29, 0.717) is 5.75 Å². The van der Waals surface area contributed by atoms with Crippen molar-refractivity contribution in [2.24, 2.45) is 0 Å². The van der Waals surface area contributed by atoms with Crippen LogP contribution in [0.3, 0.4) is 0 Å². The van der Waals surface area contributed by atoms with Crippen LogP contribution in [0.4, 0.5) is 0 Å². The van der Waals surface area contributed by atoms with Gasteiger partial charge in [0.2, 0.25) is 0 Å². The van der Waals surface area contributed by atoms with Gasteiger partial charge in [-0.1, -0.05) is 42.5 Å². The van der Waals surface area contributed by atoms with Crippen LogP contribution in [-0.2, 0) is 0 Å². The SMILES string of the molecule is Oc1cc(S)c2ccc3cccc4ccc1c2c43. The van der Waals surface area contributed by atoms with Gasteiger partial charge in [-0.3, -0.25) is 0 Å². The Morgan fingerprint density at radius 1 is 0.778 bits per heavy atom. The summed E-state index contributed by atoms with van der Waals surface area (Å²) in [5.41, 5.74) is 0. The molecule has 18 heavy (non-hydrogen) atoms. The number of aromatic hydroxyl groups is 1. The van der Waals surface area contributed by atoms with E-state index in [-0.39, 0.29) is 0 Å². The summed E-state index contributed by atoms with van der Waals surface area (Å²) in [6.07, 6.45) is 0. The Hall–Kier alpha value is -1.93. The first kappa shape index (κ1) is 10.0. The molecule has 0 bridgehead atoms. The Balaban J connectivity index is 2.48. The molecule has 4 aromatic rings. The second-order valence-electron chi connectivity index (χ2n) is 4.60. The summed E-state index contributed by atoms with van der Waals surface area (Å²) in [5, 5.41) is 16.8. The second kappa shape index (κ2) is 3.30. The molecule has 0 aliphatic heterocycles. The molecule has 2 heteroatoms. The maximum atomic E-state index is 10.1. The zero-order valence-electron chi connectivity index (χ0n) is 9.51. The molecule has 1 nitrogen and oxygen atoms in total. The molecule has 0 aliphatic carbocycles. The summed E-state index contributed by atoms with van der Waals surface area (Å²) < 4.78 is 0. The number of phenols is 1. The smallest absolute Gasteiger partial charge is 0.124 e. The minimum absolute atomic E-state index is 0.297. The highest BCUT2D eigenvalue weighted by Gasteiger charge is 2.12. The van der Waals surface area contributed by atoms with E-state index in [0.717, 1.165) is 21.1 Å². The number of hydrogen-bond donors (Lipinski definition) is 2. The van der Waals surface area contributed by atoms with Gasteiger partial charge in [0.25, 0.3) is 0 Å². The van der Waals surface area contributed by atoms with Gasteiger partial charge in [0.1, 0.15) is 5.75 Å².